The van der Waals surface area contributed by atoms with E-state index in [1.807, 2.05) is 30.9 Å². The summed E-state index contributed by atoms with van der Waals surface area (Å²) in [5, 5.41) is 12.5. The molecule has 0 aliphatic carbocycles. The van der Waals surface area contributed by atoms with Gasteiger partial charge < -0.3 is 11.1 Å². The van der Waals surface area contributed by atoms with Crippen LogP contribution in [0.3, 0.4) is 0 Å². The number of primary amides is 1. The summed E-state index contributed by atoms with van der Waals surface area (Å²) in [7, 11) is 0. The lowest BCUT2D eigenvalue weighted by molar-refractivity contribution is -0.115. The first kappa shape index (κ1) is 14.6. The number of aromatic nitrogens is 5. The SMILES string of the molecule is CCn1nccc1[C@@H]1C(C(N)=O)=C(C)Nc2nc(SC)nn21. The third-order valence-electron chi connectivity index (χ3n) is 3.61. The number of rotatable bonds is 4. The van der Waals surface area contributed by atoms with Gasteiger partial charge in [0.05, 0.1) is 11.3 Å². The molecule has 8 nitrogen and oxygen atoms in total. The highest BCUT2D eigenvalue weighted by Crippen LogP contribution is 2.35. The van der Waals surface area contributed by atoms with Gasteiger partial charge in [-0.1, -0.05) is 11.8 Å². The van der Waals surface area contributed by atoms with Gasteiger partial charge in [0.2, 0.25) is 17.0 Å². The number of anilines is 1. The lowest BCUT2D eigenvalue weighted by Gasteiger charge is -2.27. The number of fused-ring (bicyclic) bond motifs is 1. The number of nitrogens with zero attached hydrogens (tertiary/aromatic N) is 5. The van der Waals surface area contributed by atoms with Gasteiger partial charge in [-0.3, -0.25) is 9.48 Å². The molecule has 3 N–H and O–H groups in total. The first-order chi connectivity index (χ1) is 10.6. The fourth-order valence-electron chi connectivity index (χ4n) is 2.65. The molecule has 1 aliphatic rings. The van der Waals surface area contributed by atoms with Crippen LogP contribution >= 0.6 is 11.8 Å². The summed E-state index contributed by atoms with van der Waals surface area (Å²) in [6.07, 6.45) is 3.61. The van der Waals surface area contributed by atoms with Gasteiger partial charge in [-0.05, 0) is 26.2 Å². The Kier molecular flexibility index (Phi) is 3.65. The zero-order valence-electron chi connectivity index (χ0n) is 12.6. The topological polar surface area (TPSA) is 104 Å². The minimum atomic E-state index is -0.481. The highest BCUT2D eigenvalue weighted by molar-refractivity contribution is 7.98. The molecule has 0 aromatic carbocycles. The smallest absolute Gasteiger partial charge is 0.248 e. The van der Waals surface area contributed by atoms with Gasteiger partial charge in [-0.25, -0.2) is 4.68 Å². The molecule has 3 heterocycles. The number of thioether (sulfide) groups is 1. The Labute approximate surface area is 131 Å². The third-order valence-corrected chi connectivity index (χ3v) is 4.15. The maximum Gasteiger partial charge on any atom is 0.248 e. The maximum atomic E-state index is 12.0. The number of carbonyl (C=O) groups excluding carboxylic acids is 1. The van der Waals surface area contributed by atoms with Crippen molar-refractivity contribution in [2.75, 3.05) is 11.6 Å². The Hall–Kier alpha value is -2.29. The van der Waals surface area contributed by atoms with Crippen LogP contribution in [0.5, 0.6) is 0 Å². The molecule has 1 atom stereocenters. The van der Waals surface area contributed by atoms with Crippen LogP contribution in [0.4, 0.5) is 5.95 Å². The second kappa shape index (κ2) is 5.48. The van der Waals surface area contributed by atoms with Crippen LogP contribution in [-0.2, 0) is 11.3 Å². The number of allylic oxidation sites excluding steroid dienone is 1. The maximum absolute atomic E-state index is 12.0. The van der Waals surface area contributed by atoms with Crippen molar-refractivity contribution in [2.45, 2.75) is 31.6 Å². The summed E-state index contributed by atoms with van der Waals surface area (Å²) in [4.78, 5) is 16.4. The fourth-order valence-corrected chi connectivity index (χ4v) is 3.00. The van der Waals surface area contributed by atoms with Gasteiger partial charge >= 0.3 is 0 Å². The molecule has 0 radical (unpaired) electrons. The number of hydrogen-bond donors (Lipinski definition) is 2. The average molecular weight is 319 g/mol. The molecule has 1 aliphatic heterocycles. The van der Waals surface area contributed by atoms with Crippen LogP contribution in [0.25, 0.3) is 0 Å². The van der Waals surface area contributed by atoms with Crippen LogP contribution < -0.4 is 11.1 Å². The van der Waals surface area contributed by atoms with Crippen LogP contribution in [0, 0.1) is 0 Å². The number of hydrogen-bond acceptors (Lipinski definition) is 6. The third kappa shape index (κ3) is 2.17. The van der Waals surface area contributed by atoms with E-state index >= 15 is 0 Å². The number of nitrogens with one attached hydrogen (secondary N) is 1. The van der Waals surface area contributed by atoms with E-state index in [0.717, 1.165) is 5.69 Å². The summed E-state index contributed by atoms with van der Waals surface area (Å²) in [6, 6.07) is 1.45. The number of carbonyl (C=O) groups is 1. The molecular weight excluding hydrogens is 302 g/mol. The van der Waals surface area contributed by atoms with Crippen LogP contribution in [-0.4, -0.2) is 36.7 Å². The zero-order valence-corrected chi connectivity index (χ0v) is 13.4. The lowest BCUT2D eigenvalue weighted by atomic mass is 9.99. The predicted octanol–water partition coefficient (Wildman–Crippen LogP) is 0.991. The summed E-state index contributed by atoms with van der Waals surface area (Å²) in [5.41, 5.74) is 7.63. The van der Waals surface area contributed by atoms with E-state index in [2.05, 4.69) is 20.5 Å². The van der Waals surface area contributed by atoms with Gasteiger partial charge in [0.25, 0.3) is 0 Å². The number of aryl methyl sites for hydroxylation is 1. The number of nitrogens with two attached hydrogens (primary N) is 1. The van der Waals surface area contributed by atoms with Gasteiger partial charge in [0.15, 0.2) is 0 Å². The van der Waals surface area contributed by atoms with Crippen molar-refractivity contribution < 1.29 is 4.79 Å². The summed E-state index contributed by atoms with van der Waals surface area (Å²) >= 11 is 1.44. The van der Waals surface area contributed by atoms with Crippen LogP contribution in [0.15, 0.2) is 28.7 Å². The van der Waals surface area contributed by atoms with E-state index in [1.54, 1.807) is 10.9 Å². The second-order valence-electron chi connectivity index (χ2n) is 4.87. The van der Waals surface area contributed by atoms with E-state index in [1.165, 1.54) is 11.8 Å². The van der Waals surface area contributed by atoms with Crippen molar-refractivity contribution in [1.82, 2.24) is 24.5 Å². The molecule has 0 bridgehead atoms. The zero-order chi connectivity index (χ0) is 15.9. The van der Waals surface area contributed by atoms with E-state index < -0.39 is 11.9 Å². The van der Waals surface area contributed by atoms with Crippen molar-refractivity contribution in [3.8, 4) is 0 Å². The highest BCUT2D eigenvalue weighted by Gasteiger charge is 2.34. The molecule has 0 spiro atoms. The molecular formula is C13H17N7OS. The Balaban J connectivity index is 2.22. The highest BCUT2D eigenvalue weighted by atomic mass is 32.2. The van der Waals surface area contributed by atoms with Crippen molar-refractivity contribution >= 4 is 23.6 Å². The molecule has 9 heteroatoms. The first-order valence-corrected chi connectivity index (χ1v) is 8.09. The van der Waals surface area contributed by atoms with Gasteiger partial charge in [0.1, 0.15) is 6.04 Å². The van der Waals surface area contributed by atoms with Gasteiger partial charge in [-0.15, -0.1) is 5.10 Å². The molecule has 3 rings (SSSR count). The second-order valence-corrected chi connectivity index (χ2v) is 5.64. The van der Waals surface area contributed by atoms with E-state index in [9.17, 15) is 4.79 Å². The van der Waals surface area contributed by atoms with Gasteiger partial charge in [-0.2, -0.15) is 10.1 Å². The molecule has 0 saturated heterocycles. The predicted molar refractivity (Wildman–Crippen MR) is 83.4 cm³/mol. The van der Waals surface area contributed by atoms with Crippen LogP contribution in [0.1, 0.15) is 25.6 Å². The largest absolute Gasteiger partial charge is 0.366 e. The van der Waals surface area contributed by atoms with Crippen molar-refractivity contribution in [1.29, 1.82) is 0 Å². The molecule has 0 saturated carbocycles. The Morgan fingerprint density at radius 2 is 2.32 bits per heavy atom. The van der Waals surface area contributed by atoms with Crippen molar-refractivity contribution in [2.24, 2.45) is 5.73 Å². The Bertz CT molecular complexity index is 760. The minimum Gasteiger partial charge on any atom is -0.366 e. The molecule has 22 heavy (non-hydrogen) atoms. The van der Waals surface area contributed by atoms with Crippen molar-refractivity contribution in [3.63, 3.8) is 0 Å². The van der Waals surface area contributed by atoms with Crippen LogP contribution in [0.2, 0.25) is 0 Å². The van der Waals surface area contributed by atoms with Crippen molar-refractivity contribution in [3.05, 3.63) is 29.2 Å². The molecule has 2 aromatic rings. The minimum absolute atomic E-state index is 0.426. The standard InChI is InChI=1S/C13H17N7OS/c1-4-19-8(5-6-15-19)10-9(11(14)21)7(2)16-12-17-13(22-3)18-20(10)12/h5-6,10H,4H2,1-3H3,(H2,14,21)(H,16,17,18)/t10-/m1/s1. The van der Waals surface area contributed by atoms with Gasteiger partial charge in [0, 0.05) is 18.4 Å². The fraction of sp³-hybridized carbons (Fsp3) is 0.385. The molecule has 2 aromatic heterocycles. The molecule has 116 valence electrons. The summed E-state index contributed by atoms with van der Waals surface area (Å²) in [5.74, 6) is 0.117. The van der Waals surface area contributed by atoms with E-state index in [0.29, 0.717) is 28.9 Å². The quantitative estimate of drug-likeness (QED) is 0.815. The molecule has 0 fully saturated rings. The van der Waals surface area contributed by atoms with E-state index in [4.69, 9.17) is 5.73 Å². The summed E-state index contributed by atoms with van der Waals surface area (Å²) < 4.78 is 3.53. The molecule has 1 amide bonds. The Morgan fingerprint density at radius 3 is 2.95 bits per heavy atom. The normalized spacial score (nSPS) is 17.3. The number of amides is 1. The first-order valence-electron chi connectivity index (χ1n) is 6.86. The monoisotopic (exact) mass is 319 g/mol. The lowest BCUT2D eigenvalue weighted by Crippen LogP contribution is -2.33. The van der Waals surface area contributed by atoms with E-state index in [-0.39, 0.29) is 0 Å². The molecule has 0 unspecified atom stereocenters. The summed E-state index contributed by atoms with van der Waals surface area (Å²) in [6.45, 7) is 4.50. The average Bonchev–Trinajstić information content (AvgIpc) is 3.10. The Morgan fingerprint density at radius 1 is 1.55 bits per heavy atom.